The zero-order valence-corrected chi connectivity index (χ0v) is 18.3. The van der Waals surface area contributed by atoms with Crippen LogP contribution in [-0.4, -0.2) is 68.1 Å². The van der Waals surface area contributed by atoms with Gasteiger partial charge in [0, 0.05) is 42.2 Å². The van der Waals surface area contributed by atoms with Crippen LogP contribution in [0.3, 0.4) is 0 Å². The molecule has 156 valence electrons. The molecule has 1 aromatic carbocycles. The van der Waals surface area contributed by atoms with Crippen LogP contribution in [0.1, 0.15) is 29.0 Å². The van der Waals surface area contributed by atoms with Gasteiger partial charge in [-0.15, -0.1) is 24.8 Å². The molecular formula is C20H29Cl2N3O3. The molecule has 0 unspecified atom stereocenters. The lowest BCUT2D eigenvalue weighted by Gasteiger charge is -2.51. The highest BCUT2D eigenvalue weighted by Crippen LogP contribution is 2.33. The summed E-state index contributed by atoms with van der Waals surface area (Å²) in [6.07, 6.45) is 2.15. The number of hydrogen-bond acceptors (Lipinski definition) is 5. The van der Waals surface area contributed by atoms with Gasteiger partial charge in [-0.25, -0.2) is 0 Å². The van der Waals surface area contributed by atoms with E-state index in [4.69, 9.17) is 9.15 Å². The lowest BCUT2D eigenvalue weighted by molar-refractivity contribution is -0.00221. The standard InChI is InChI=1S/C20H27N3O3.2ClH/c1-14-16-5-4-15(25-3)12-17(16)26-18(14)19(24)23-11-10-22(2)20(13-23)6-8-21-9-7-20;;/h4-5,12,21H,6-11,13H2,1-3H3;2*1H. The van der Waals surface area contributed by atoms with Crippen LogP contribution in [-0.2, 0) is 0 Å². The second kappa shape index (κ2) is 8.91. The number of piperidine rings is 1. The predicted molar refractivity (Wildman–Crippen MR) is 115 cm³/mol. The van der Waals surface area contributed by atoms with Crippen molar-refractivity contribution < 1.29 is 13.9 Å². The quantitative estimate of drug-likeness (QED) is 0.794. The minimum Gasteiger partial charge on any atom is -0.497 e. The molecule has 2 fully saturated rings. The highest BCUT2D eigenvalue weighted by atomic mass is 35.5. The third kappa shape index (κ3) is 3.83. The number of rotatable bonds is 2. The fourth-order valence-corrected chi connectivity index (χ4v) is 4.35. The minimum absolute atomic E-state index is 0. The average Bonchev–Trinajstić information content (AvgIpc) is 3.00. The van der Waals surface area contributed by atoms with Crippen LogP contribution >= 0.6 is 24.8 Å². The number of hydrogen-bond donors (Lipinski definition) is 1. The number of carbonyl (C=O) groups is 1. The zero-order chi connectivity index (χ0) is 18.3. The van der Waals surface area contributed by atoms with E-state index < -0.39 is 0 Å². The Bertz CT molecular complexity index is 833. The Labute approximate surface area is 178 Å². The second-order valence-electron chi connectivity index (χ2n) is 7.54. The summed E-state index contributed by atoms with van der Waals surface area (Å²) in [6, 6.07) is 5.71. The van der Waals surface area contributed by atoms with Crippen LogP contribution in [0.2, 0.25) is 0 Å². The normalized spacial score (nSPS) is 19.2. The molecule has 1 aromatic heterocycles. The molecule has 8 heteroatoms. The molecule has 2 aliphatic rings. The van der Waals surface area contributed by atoms with Gasteiger partial charge in [0.25, 0.3) is 5.91 Å². The van der Waals surface area contributed by atoms with Crippen molar-refractivity contribution in [2.45, 2.75) is 25.3 Å². The maximum atomic E-state index is 13.2. The largest absolute Gasteiger partial charge is 0.497 e. The molecule has 4 rings (SSSR count). The number of ether oxygens (including phenoxy) is 1. The fraction of sp³-hybridized carbons (Fsp3) is 0.550. The fourth-order valence-electron chi connectivity index (χ4n) is 4.35. The van der Waals surface area contributed by atoms with Gasteiger partial charge in [0.1, 0.15) is 11.3 Å². The number of nitrogens with one attached hydrogen (secondary N) is 1. The molecule has 3 heterocycles. The summed E-state index contributed by atoms with van der Waals surface area (Å²) >= 11 is 0. The van der Waals surface area contributed by atoms with Crippen LogP contribution in [0, 0.1) is 6.92 Å². The maximum absolute atomic E-state index is 13.2. The van der Waals surface area contributed by atoms with Crippen LogP contribution in [0.15, 0.2) is 22.6 Å². The number of nitrogens with zero attached hydrogens (tertiary/aromatic N) is 2. The minimum atomic E-state index is 0. The summed E-state index contributed by atoms with van der Waals surface area (Å²) in [4.78, 5) is 17.7. The van der Waals surface area contributed by atoms with Crippen molar-refractivity contribution in [1.29, 1.82) is 0 Å². The van der Waals surface area contributed by atoms with Gasteiger partial charge < -0.3 is 19.4 Å². The summed E-state index contributed by atoms with van der Waals surface area (Å²) in [5.41, 5.74) is 1.70. The first-order valence-corrected chi connectivity index (χ1v) is 9.32. The van der Waals surface area contributed by atoms with E-state index in [1.54, 1.807) is 7.11 Å². The zero-order valence-electron chi connectivity index (χ0n) is 16.6. The number of benzene rings is 1. The molecule has 0 atom stereocenters. The summed E-state index contributed by atoms with van der Waals surface area (Å²) in [5, 5.41) is 4.40. The number of methoxy groups -OCH3 is 1. The number of piperazine rings is 1. The number of amides is 1. The molecule has 0 bridgehead atoms. The van der Waals surface area contributed by atoms with Crippen LogP contribution in [0.25, 0.3) is 11.0 Å². The van der Waals surface area contributed by atoms with Crippen LogP contribution in [0.4, 0.5) is 0 Å². The Kier molecular flexibility index (Phi) is 7.26. The van der Waals surface area contributed by atoms with E-state index in [-0.39, 0.29) is 36.3 Å². The number of furan rings is 1. The van der Waals surface area contributed by atoms with E-state index in [0.717, 1.165) is 62.3 Å². The highest BCUT2D eigenvalue weighted by Gasteiger charge is 2.42. The molecule has 0 aliphatic carbocycles. The molecule has 6 nitrogen and oxygen atoms in total. The lowest BCUT2D eigenvalue weighted by atomic mass is 9.84. The molecule has 1 N–H and O–H groups in total. The molecule has 0 radical (unpaired) electrons. The number of likely N-dealkylation sites (N-methyl/N-ethyl adjacent to an activating group) is 1. The van der Waals surface area contributed by atoms with Crippen molar-refractivity contribution in [1.82, 2.24) is 15.1 Å². The predicted octanol–water partition coefficient (Wildman–Crippen LogP) is 3.10. The summed E-state index contributed by atoms with van der Waals surface area (Å²) < 4.78 is 11.2. The van der Waals surface area contributed by atoms with Crippen molar-refractivity contribution in [2.75, 3.05) is 46.9 Å². The SMILES string of the molecule is COc1ccc2c(C)c(C(=O)N3CCN(C)C4(CCNCC4)C3)oc2c1.Cl.Cl. The molecule has 28 heavy (non-hydrogen) atoms. The van der Waals surface area contributed by atoms with Gasteiger partial charge in [0.15, 0.2) is 5.76 Å². The third-order valence-electron chi connectivity index (χ3n) is 6.16. The summed E-state index contributed by atoms with van der Waals surface area (Å²) in [6.45, 7) is 6.39. The Hall–Kier alpha value is -1.47. The lowest BCUT2D eigenvalue weighted by Crippen LogP contribution is -2.64. The van der Waals surface area contributed by atoms with E-state index in [9.17, 15) is 4.79 Å². The van der Waals surface area contributed by atoms with Crippen molar-refractivity contribution >= 4 is 41.7 Å². The Morgan fingerprint density at radius 3 is 2.61 bits per heavy atom. The number of carbonyl (C=O) groups excluding carboxylic acids is 1. The van der Waals surface area contributed by atoms with Crippen molar-refractivity contribution in [3.63, 3.8) is 0 Å². The average molecular weight is 430 g/mol. The van der Waals surface area contributed by atoms with E-state index >= 15 is 0 Å². The number of aryl methyl sites for hydroxylation is 1. The first-order chi connectivity index (χ1) is 12.5. The van der Waals surface area contributed by atoms with Gasteiger partial charge in [-0.05, 0) is 52.0 Å². The maximum Gasteiger partial charge on any atom is 0.289 e. The molecule has 2 saturated heterocycles. The molecular weight excluding hydrogens is 401 g/mol. The molecule has 2 aromatic rings. The summed E-state index contributed by atoms with van der Waals surface area (Å²) in [7, 11) is 3.82. The van der Waals surface area contributed by atoms with Crippen LogP contribution < -0.4 is 10.1 Å². The Morgan fingerprint density at radius 2 is 1.93 bits per heavy atom. The van der Waals surface area contributed by atoms with Gasteiger partial charge in [-0.3, -0.25) is 9.69 Å². The Balaban J connectivity index is 0.00000140. The van der Waals surface area contributed by atoms with E-state index in [1.807, 2.05) is 30.0 Å². The van der Waals surface area contributed by atoms with Gasteiger partial charge in [-0.2, -0.15) is 0 Å². The van der Waals surface area contributed by atoms with E-state index in [0.29, 0.717) is 11.3 Å². The van der Waals surface area contributed by atoms with Crippen molar-refractivity contribution in [3.8, 4) is 5.75 Å². The second-order valence-corrected chi connectivity index (χ2v) is 7.54. The highest BCUT2D eigenvalue weighted by molar-refractivity contribution is 5.99. The topological polar surface area (TPSA) is 58.0 Å². The molecule has 1 spiro atoms. The Morgan fingerprint density at radius 1 is 1.21 bits per heavy atom. The van der Waals surface area contributed by atoms with Crippen molar-refractivity contribution in [2.24, 2.45) is 0 Å². The third-order valence-corrected chi connectivity index (χ3v) is 6.16. The summed E-state index contributed by atoms with van der Waals surface area (Å²) in [5.74, 6) is 1.20. The number of fused-ring (bicyclic) bond motifs is 1. The van der Waals surface area contributed by atoms with E-state index in [2.05, 4.69) is 17.3 Å². The molecule has 0 saturated carbocycles. The van der Waals surface area contributed by atoms with Gasteiger partial charge in [-0.1, -0.05) is 0 Å². The van der Waals surface area contributed by atoms with Crippen molar-refractivity contribution in [3.05, 3.63) is 29.5 Å². The smallest absolute Gasteiger partial charge is 0.289 e. The first kappa shape index (κ1) is 22.8. The monoisotopic (exact) mass is 429 g/mol. The van der Waals surface area contributed by atoms with Gasteiger partial charge in [0.05, 0.1) is 7.11 Å². The van der Waals surface area contributed by atoms with E-state index in [1.165, 1.54) is 0 Å². The number of halogens is 2. The molecule has 1 amide bonds. The van der Waals surface area contributed by atoms with Gasteiger partial charge >= 0.3 is 0 Å². The van der Waals surface area contributed by atoms with Gasteiger partial charge in [0.2, 0.25) is 0 Å². The molecule has 2 aliphatic heterocycles. The first-order valence-electron chi connectivity index (χ1n) is 9.32. The van der Waals surface area contributed by atoms with Crippen LogP contribution in [0.5, 0.6) is 5.75 Å².